The number of carbonyl (C=O) groups excluding carboxylic acids is 2. The molecule has 1 aromatic heterocycles. The lowest BCUT2D eigenvalue weighted by atomic mass is 9.84. The van der Waals surface area contributed by atoms with Crippen LogP contribution >= 0.6 is 0 Å². The average Bonchev–Trinajstić information content (AvgIpc) is 3.06. The molecule has 1 unspecified atom stereocenters. The van der Waals surface area contributed by atoms with Crippen molar-refractivity contribution in [3.63, 3.8) is 0 Å². The topological polar surface area (TPSA) is 130 Å². The Labute approximate surface area is 270 Å². The van der Waals surface area contributed by atoms with Crippen LogP contribution in [-0.4, -0.2) is 68.5 Å². The van der Waals surface area contributed by atoms with E-state index in [0.29, 0.717) is 6.54 Å². The van der Waals surface area contributed by atoms with Gasteiger partial charge in [0.2, 0.25) is 15.9 Å². The lowest BCUT2D eigenvalue weighted by Crippen LogP contribution is -2.54. The largest absolute Gasteiger partial charge is 0.453 e. The number of amides is 2. The van der Waals surface area contributed by atoms with E-state index < -0.39 is 57.5 Å². The summed E-state index contributed by atoms with van der Waals surface area (Å²) in [6.45, 7) is 0.715. The summed E-state index contributed by atoms with van der Waals surface area (Å²) in [6, 6.07) is 16.2. The molecule has 4 aromatic rings. The molecule has 0 spiro atoms. The van der Waals surface area contributed by atoms with Crippen molar-refractivity contribution in [1.29, 1.82) is 0 Å². The number of alkyl carbamates (subject to hydrolysis) is 1. The van der Waals surface area contributed by atoms with Gasteiger partial charge in [-0.2, -0.15) is 4.31 Å². The number of sulfonamides is 1. The fourth-order valence-electron chi connectivity index (χ4n) is 5.65. The van der Waals surface area contributed by atoms with Crippen molar-refractivity contribution in [1.82, 2.24) is 19.9 Å². The first-order valence-electron chi connectivity index (χ1n) is 14.6. The second-order valence-corrected chi connectivity index (χ2v) is 12.7. The van der Waals surface area contributed by atoms with Crippen LogP contribution in [0.5, 0.6) is 0 Å². The summed E-state index contributed by atoms with van der Waals surface area (Å²) in [5.74, 6) is -4.06. The van der Waals surface area contributed by atoms with Crippen molar-refractivity contribution in [3.8, 4) is 0 Å². The number of hydrogen-bond acceptors (Lipinski definition) is 7. The number of nitrogens with zero attached hydrogens (tertiary/aromatic N) is 2. The third-order valence-electron chi connectivity index (χ3n) is 7.84. The van der Waals surface area contributed by atoms with Crippen LogP contribution in [0, 0.1) is 17.5 Å². The number of methoxy groups -OCH3 is 1. The summed E-state index contributed by atoms with van der Waals surface area (Å²) in [5, 5.41) is 8.21. The number of aromatic nitrogens is 1. The van der Waals surface area contributed by atoms with Gasteiger partial charge in [-0.3, -0.25) is 9.78 Å². The number of hydrogen-bond donors (Lipinski definition) is 3. The molecule has 14 heteroatoms. The molecule has 1 fully saturated rings. The Morgan fingerprint density at radius 3 is 2.26 bits per heavy atom. The number of anilines is 1. The third-order valence-corrected chi connectivity index (χ3v) is 9.80. The zero-order valence-electron chi connectivity index (χ0n) is 25.2. The van der Waals surface area contributed by atoms with E-state index in [2.05, 4.69) is 20.9 Å². The molecule has 1 aliphatic heterocycles. The maximum atomic E-state index is 15.5. The molecule has 47 heavy (non-hydrogen) atoms. The molecule has 0 aliphatic carbocycles. The van der Waals surface area contributed by atoms with Gasteiger partial charge in [-0.15, -0.1) is 0 Å². The molecule has 0 radical (unpaired) electrons. The summed E-state index contributed by atoms with van der Waals surface area (Å²) < 4.78 is 77.5. The highest BCUT2D eigenvalue weighted by Crippen LogP contribution is 2.31. The Kier molecular flexibility index (Phi) is 10.5. The van der Waals surface area contributed by atoms with Gasteiger partial charge in [0, 0.05) is 37.2 Å². The number of ether oxygens (including phenoxy) is 1. The SMILES string of the molecule is COC(=O)N[C@H](C(=O)Nc1cncc(F)c1CC1CNCCN1S(=O)(=O)c1ccccc1)C(c1cccc(F)c1)c1cccc(F)c1. The first kappa shape index (κ1) is 33.6. The number of pyridine rings is 1. The van der Waals surface area contributed by atoms with Crippen molar-refractivity contribution in [2.24, 2.45) is 0 Å². The zero-order chi connectivity index (χ0) is 33.6. The lowest BCUT2D eigenvalue weighted by molar-refractivity contribution is -0.118. The molecule has 10 nitrogen and oxygen atoms in total. The van der Waals surface area contributed by atoms with Gasteiger partial charge in [-0.05, 0) is 53.9 Å². The van der Waals surface area contributed by atoms with E-state index in [9.17, 15) is 26.8 Å². The van der Waals surface area contributed by atoms with Gasteiger partial charge < -0.3 is 20.7 Å². The van der Waals surface area contributed by atoms with E-state index >= 15 is 4.39 Å². The van der Waals surface area contributed by atoms with E-state index in [1.165, 1.54) is 59.0 Å². The monoisotopic (exact) mass is 667 g/mol. The van der Waals surface area contributed by atoms with Crippen molar-refractivity contribution < 1.29 is 35.9 Å². The Morgan fingerprint density at radius 1 is 0.979 bits per heavy atom. The fourth-order valence-corrected chi connectivity index (χ4v) is 7.29. The van der Waals surface area contributed by atoms with E-state index in [1.807, 2.05) is 0 Å². The van der Waals surface area contributed by atoms with Crippen LogP contribution in [-0.2, 0) is 26.0 Å². The van der Waals surface area contributed by atoms with Crippen molar-refractivity contribution in [2.45, 2.75) is 29.3 Å². The maximum absolute atomic E-state index is 15.5. The molecule has 1 saturated heterocycles. The third kappa shape index (κ3) is 7.79. The van der Waals surface area contributed by atoms with Crippen LogP contribution in [0.2, 0.25) is 0 Å². The first-order valence-corrected chi connectivity index (χ1v) is 16.1. The minimum absolute atomic E-state index is 0.0276. The van der Waals surface area contributed by atoms with Crippen LogP contribution in [0.25, 0.3) is 0 Å². The summed E-state index contributed by atoms with van der Waals surface area (Å²) in [5.41, 5.74) is 0.367. The van der Waals surface area contributed by atoms with Crippen LogP contribution in [0.1, 0.15) is 22.6 Å². The quantitative estimate of drug-likeness (QED) is 0.231. The predicted octanol–water partition coefficient (Wildman–Crippen LogP) is 4.20. The zero-order valence-corrected chi connectivity index (χ0v) is 26.0. The lowest BCUT2D eigenvalue weighted by Gasteiger charge is -2.35. The number of carbonyl (C=O) groups is 2. The number of rotatable bonds is 10. The summed E-state index contributed by atoms with van der Waals surface area (Å²) in [7, 11) is -2.86. The highest BCUT2D eigenvalue weighted by Gasteiger charge is 2.36. The van der Waals surface area contributed by atoms with E-state index in [4.69, 9.17) is 4.74 Å². The Morgan fingerprint density at radius 2 is 1.64 bits per heavy atom. The molecule has 3 aromatic carbocycles. The molecule has 1 aliphatic rings. The maximum Gasteiger partial charge on any atom is 0.407 e. The molecule has 3 N–H and O–H groups in total. The van der Waals surface area contributed by atoms with Gasteiger partial charge in [-0.1, -0.05) is 42.5 Å². The summed E-state index contributed by atoms with van der Waals surface area (Å²) in [6.07, 6.45) is 1.01. The fraction of sp³-hybridized carbons (Fsp3) is 0.242. The summed E-state index contributed by atoms with van der Waals surface area (Å²) in [4.78, 5) is 30.5. The van der Waals surface area contributed by atoms with Gasteiger partial charge in [0.15, 0.2) is 0 Å². The van der Waals surface area contributed by atoms with Crippen molar-refractivity contribution >= 4 is 27.7 Å². The van der Waals surface area contributed by atoms with Gasteiger partial charge in [0.05, 0.1) is 30.1 Å². The van der Waals surface area contributed by atoms with Gasteiger partial charge in [-0.25, -0.2) is 26.4 Å². The molecule has 0 saturated carbocycles. The van der Waals surface area contributed by atoms with E-state index in [0.717, 1.165) is 25.4 Å². The van der Waals surface area contributed by atoms with Crippen LogP contribution in [0.3, 0.4) is 0 Å². The normalized spacial score (nSPS) is 16.0. The minimum Gasteiger partial charge on any atom is -0.453 e. The molecular weight excluding hydrogens is 635 g/mol. The number of benzene rings is 3. The van der Waals surface area contributed by atoms with Crippen LogP contribution < -0.4 is 16.0 Å². The molecule has 2 heterocycles. The molecule has 0 bridgehead atoms. The van der Waals surface area contributed by atoms with E-state index in [-0.39, 0.29) is 46.8 Å². The highest BCUT2D eigenvalue weighted by molar-refractivity contribution is 7.89. The Balaban J connectivity index is 1.51. The van der Waals surface area contributed by atoms with Gasteiger partial charge in [0.25, 0.3) is 0 Å². The molecule has 5 rings (SSSR count). The molecular formula is C33H32F3N5O5S. The number of piperazine rings is 1. The molecule has 246 valence electrons. The predicted molar refractivity (Wildman–Crippen MR) is 167 cm³/mol. The highest BCUT2D eigenvalue weighted by atomic mass is 32.2. The molecule has 2 atom stereocenters. The second-order valence-electron chi connectivity index (χ2n) is 10.8. The van der Waals surface area contributed by atoms with Crippen LogP contribution in [0.15, 0.2) is 96.2 Å². The Hall–Kier alpha value is -4.79. The first-order chi connectivity index (χ1) is 22.6. The van der Waals surface area contributed by atoms with Crippen molar-refractivity contribution in [2.75, 3.05) is 32.1 Å². The van der Waals surface area contributed by atoms with Crippen molar-refractivity contribution in [3.05, 3.63) is 125 Å². The number of nitrogens with one attached hydrogen (secondary N) is 3. The molecule has 2 amide bonds. The van der Waals surface area contributed by atoms with Gasteiger partial charge >= 0.3 is 6.09 Å². The average molecular weight is 668 g/mol. The smallest absolute Gasteiger partial charge is 0.407 e. The standard InChI is InChI=1S/C33H32F3N5O5S/c1-46-33(43)40-31(30(21-7-5-9-23(34)15-21)22-8-6-10-24(35)16-22)32(42)39-29-20-38-19-28(36)27(29)17-25-18-37-13-14-41(25)47(44,45)26-11-3-2-4-12-26/h2-12,15-16,19-20,25,30-31,37H,13-14,17-18H2,1H3,(H,39,42)(H,40,43)/t25?,31-/m0/s1. The number of halogens is 3. The minimum atomic E-state index is -3.94. The van der Waals surface area contributed by atoms with Crippen LogP contribution in [0.4, 0.5) is 23.7 Å². The van der Waals surface area contributed by atoms with E-state index in [1.54, 1.807) is 18.2 Å². The van der Waals surface area contributed by atoms with Gasteiger partial charge in [0.1, 0.15) is 23.5 Å². The Bertz CT molecular complexity index is 1800. The second kappa shape index (κ2) is 14.8. The summed E-state index contributed by atoms with van der Waals surface area (Å²) >= 11 is 0.